The lowest BCUT2D eigenvalue weighted by molar-refractivity contribution is -0.662. The molecular weight excluding hydrogens is 518 g/mol. The third-order valence-corrected chi connectivity index (χ3v) is 7.80. The van der Waals surface area contributed by atoms with Crippen LogP contribution in [0, 0.1) is 0 Å². The highest BCUT2D eigenvalue weighted by molar-refractivity contribution is 8.00. The number of nitrogens with one attached hydrogen (secondary N) is 1. The summed E-state index contributed by atoms with van der Waals surface area (Å²) < 4.78 is 3.81. The number of carboxylic acid groups (broad SMARTS) is 1. The largest absolute Gasteiger partial charge is 0.543 e. The van der Waals surface area contributed by atoms with Gasteiger partial charge >= 0.3 is 0 Å². The van der Waals surface area contributed by atoms with E-state index in [4.69, 9.17) is 10.6 Å². The van der Waals surface area contributed by atoms with Gasteiger partial charge in [0.25, 0.3) is 17.5 Å². The minimum atomic E-state index is -1.44. The van der Waals surface area contributed by atoms with Gasteiger partial charge in [-0.05, 0) is 6.07 Å². The molecule has 2 atom stereocenters. The lowest BCUT2D eigenvalue weighted by Gasteiger charge is -2.50. The number of amides is 2. The van der Waals surface area contributed by atoms with Crippen molar-refractivity contribution in [2.45, 2.75) is 18.0 Å². The second-order valence-electron chi connectivity index (χ2n) is 8.09. The number of hydrogen-bond donors (Lipinski definition) is 2. The summed E-state index contributed by atoms with van der Waals surface area (Å²) in [5.74, 6) is -2.36. The fourth-order valence-electron chi connectivity index (χ4n) is 4.14. The second-order valence-corrected chi connectivity index (χ2v) is 10.1. The van der Waals surface area contributed by atoms with Gasteiger partial charge in [-0.1, -0.05) is 23.9 Å². The number of carbonyl (C=O) groups is 3. The average Bonchev–Trinajstić information content (AvgIpc) is 3.50. The summed E-state index contributed by atoms with van der Waals surface area (Å²) in [6, 6.07) is 4.73. The summed E-state index contributed by atoms with van der Waals surface area (Å²) in [5, 5.41) is 19.8. The van der Waals surface area contributed by atoms with E-state index in [1.165, 1.54) is 22.7 Å². The first-order valence-electron chi connectivity index (χ1n) is 11.0. The Labute approximate surface area is 218 Å². The molecule has 3 N–H and O–H groups in total. The molecule has 1 saturated heterocycles. The molecule has 5 rings (SSSR count). The van der Waals surface area contributed by atoms with Crippen LogP contribution in [0.3, 0.4) is 0 Å². The summed E-state index contributed by atoms with van der Waals surface area (Å²) in [6.07, 6.45) is 7.05. The highest BCUT2D eigenvalue weighted by atomic mass is 32.2. The number of β-lactam (4-membered cyclic amide) rings is 1. The van der Waals surface area contributed by atoms with E-state index in [2.05, 4.69) is 22.0 Å². The van der Waals surface area contributed by atoms with Gasteiger partial charge in [-0.25, -0.2) is 14.0 Å². The second kappa shape index (κ2) is 10.1. The van der Waals surface area contributed by atoms with Gasteiger partial charge in [0.15, 0.2) is 10.8 Å². The fourth-order valence-corrected chi connectivity index (χ4v) is 6.03. The Morgan fingerprint density at radius 2 is 2.24 bits per heavy atom. The molecule has 0 unspecified atom stereocenters. The number of aromatic nitrogens is 3. The summed E-state index contributed by atoms with van der Waals surface area (Å²) in [6.45, 7) is 3.86. The van der Waals surface area contributed by atoms with E-state index in [-0.39, 0.29) is 35.4 Å². The Hall–Kier alpha value is -4.17. The van der Waals surface area contributed by atoms with Crippen molar-refractivity contribution >= 4 is 57.4 Å². The molecule has 190 valence electrons. The Morgan fingerprint density at radius 3 is 2.97 bits per heavy atom. The summed E-state index contributed by atoms with van der Waals surface area (Å²) in [4.78, 5) is 48.6. The van der Waals surface area contributed by atoms with Crippen molar-refractivity contribution in [3.05, 3.63) is 71.8 Å². The number of thioether (sulfide) groups is 1. The minimum absolute atomic E-state index is 0.0583. The van der Waals surface area contributed by atoms with Gasteiger partial charge in [-0.15, -0.1) is 23.1 Å². The summed E-state index contributed by atoms with van der Waals surface area (Å²) in [5.41, 5.74) is 6.96. The van der Waals surface area contributed by atoms with E-state index < -0.39 is 29.2 Å². The molecule has 0 saturated carbocycles. The highest BCUT2D eigenvalue weighted by Crippen LogP contribution is 2.40. The zero-order valence-electron chi connectivity index (χ0n) is 19.3. The molecular formula is C23H21N7O5S2. The average molecular weight is 540 g/mol. The molecule has 12 nitrogen and oxygen atoms in total. The molecule has 5 heterocycles. The number of rotatable bonds is 9. The summed E-state index contributed by atoms with van der Waals surface area (Å²) in [7, 11) is 0. The van der Waals surface area contributed by atoms with Crippen LogP contribution in [0.1, 0.15) is 5.69 Å². The van der Waals surface area contributed by atoms with Crippen LogP contribution < -0.4 is 20.7 Å². The molecule has 37 heavy (non-hydrogen) atoms. The number of carboxylic acids is 1. The first-order chi connectivity index (χ1) is 17.9. The topological polar surface area (TPSA) is 158 Å². The molecule has 0 aromatic carbocycles. The Bertz CT molecular complexity index is 1480. The molecule has 0 bridgehead atoms. The van der Waals surface area contributed by atoms with Crippen LogP contribution in [0.15, 0.2) is 71.3 Å². The molecule has 3 aromatic rings. The van der Waals surface area contributed by atoms with Gasteiger partial charge in [0.2, 0.25) is 0 Å². The van der Waals surface area contributed by atoms with Crippen LogP contribution in [0.5, 0.6) is 0 Å². The molecule has 1 fully saturated rings. The smallest absolute Gasteiger partial charge is 0.286 e. The van der Waals surface area contributed by atoms with E-state index in [1.54, 1.807) is 5.38 Å². The maximum atomic E-state index is 13.1. The molecule has 3 aromatic heterocycles. The number of hydrogen-bond acceptors (Lipinski definition) is 10. The standard InChI is InChI=1S/C23H21N7O5S2/c1-2-9-35-27-16(14-12-37-23(24)25-14)19(31)26-17-20(32)30-18(22(33)34)13(11-36-21(17)30)10-29-8-7-28-6-4-3-5-15(28)29/h2-8,12,17,21H,1,9-11H2,(H3-,24,25,26,31,33,34)/b27-16-/t17-,21-/m1/s1. The zero-order chi connectivity index (χ0) is 26.1. The summed E-state index contributed by atoms with van der Waals surface area (Å²) >= 11 is 2.48. The van der Waals surface area contributed by atoms with Crippen molar-refractivity contribution in [1.82, 2.24) is 19.6 Å². The van der Waals surface area contributed by atoms with Gasteiger partial charge < -0.3 is 25.8 Å². The van der Waals surface area contributed by atoms with E-state index in [0.29, 0.717) is 11.3 Å². The third-order valence-electron chi connectivity index (χ3n) is 5.79. The number of imidazole rings is 1. The lowest BCUT2D eigenvalue weighted by Crippen LogP contribution is -2.71. The predicted octanol–water partition coefficient (Wildman–Crippen LogP) is -0.724. The number of nitrogen functional groups attached to an aromatic ring is 1. The number of fused-ring (bicyclic) bond motifs is 2. The SMILES string of the molecule is C=CCO/N=C(\C(=O)N[C@@H]1C(=O)N2C(C(=O)[O-])=C(C[n+]3ccn4ccccc43)CS[C@H]12)c1csc(N)n1. The zero-order valence-corrected chi connectivity index (χ0v) is 20.9. The molecule has 2 aliphatic heterocycles. The molecule has 2 aliphatic rings. The Morgan fingerprint density at radius 1 is 1.41 bits per heavy atom. The normalized spacial score (nSPS) is 19.4. The number of carbonyl (C=O) groups excluding carboxylic acids is 3. The van der Waals surface area contributed by atoms with Crippen LogP contribution >= 0.6 is 23.1 Å². The fraction of sp³-hybridized carbons (Fsp3) is 0.217. The van der Waals surface area contributed by atoms with Crippen molar-refractivity contribution in [2.75, 3.05) is 18.1 Å². The van der Waals surface area contributed by atoms with Crippen molar-refractivity contribution in [3.8, 4) is 0 Å². The maximum absolute atomic E-state index is 13.1. The number of nitrogens with zero attached hydrogens (tertiary/aromatic N) is 5. The number of oxime groups is 1. The van der Waals surface area contributed by atoms with E-state index >= 15 is 0 Å². The Balaban J connectivity index is 1.36. The molecule has 0 spiro atoms. The van der Waals surface area contributed by atoms with Crippen molar-refractivity contribution in [1.29, 1.82) is 0 Å². The van der Waals surface area contributed by atoms with Gasteiger partial charge in [0.1, 0.15) is 42.7 Å². The first-order valence-corrected chi connectivity index (χ1v) is 13.0. The predicted molar refractivity (Wildman–Crippen MR) is 134 cm³/mol. The highest BCUT2D eigenvalue weighted by Gasteiger charge is 2.53. The van der Waals surface area contributed by atoms with Crippen molar-refractivity contribution in [2.24, 2.45) is 5.16 Å². The molecule has 0 aliphatic carbocycles. The van der Waals surface area contributed by atoms with Crippen LogP contribution in [-0.2, 0) is 25.8 Å². The maximum Gasteiger partial charge on any atom is 0.286 e. The molecule has 14 heteroatoms. The third kappa shape index (κ3) is 4.56. The van der Waals surface area contributed by atoms with Gasteiger partial charge in [-0.2, -0.15) is 0 Å². The number of thiazole rings is 1. The first kappa shape index (κ1) is 24.5. The molecule has 0 radical (unpaired) electrons. The van der Waals surface area contributed by atoms with Crippen LogP contribution in [0.25, 0.3) is 5.65 Å². The van der Waals surface area contributed by atoms with E-state index in [0.717, 1.165) is 17.0 Å². The van der Waals surface area contributed by atoms with Crippen molar-refractivity contribution < 1.29 is 28.9 Å². The van der Waals surface area contributed by atoms with Gasteiger partial charge in [-0.3, -0.25) is 14.5 Å². The quantitative estimate of drug-likeness (QED) is 0.0900. The van der Waals surface area contributed by atoms with Gasteiger partial charge in [0.05, 0.1) is 17.9 Å². The number of anilines is 1. The molecule has 2 amide bonds. The Kier molecular flexibility index (Phi) is 6.67. The van der Waals surface area contributed by atoms with Crippen LogP contribution in [0.4, 0.5) is 5.13 Å². The van der Waals surface area contributed by atoms with Crippen LogP contribution in [-0.4, -0.2) is 61.6 Å². The number of pyridine rings is 1. The number of nitrogens with two attached hydrogens (primary N) is 1. The lowest BCUT2D eigenvalue weighted by atomic mass is 10.0. The van der Waals surface area contributed by atoms with Gasteiger partial charge in [0, 0.05) is 22.8 Å². The van der Waals surface area contributed by atoms with E-state index in [9.17, 15) is 19.5 Å². The minimum Gasteiger partial charge on any atom is -0.543 e. The number of aliphatic carboxylic acids is 1. The van der Waals surface area contributed by atoms with Crippen molar-refractivity contribution in [3.63, 3.8) is 0 Å². The van der Waals surface area contributed by atoms with E-state index in [1.807, 2.05) is 45.8 Å². The monoisotopic (exact) mass is 539 g/mol. The van der Waals surface area contributed by atoms with Crippen LogP contribution in [0.2, 0.25) is 0 Å².